The molecule has 4 aromatic carbocycles. The number of carbonyl (C=O) groups excluding carboxylic acids is 4. The SMILES string of the molecule is CC[C@H](O)CC[C@@H]1[C@H]2Cc3cccc(OCC(=O)OCC(=O)O)c3C[C@H]2C[C@H]1O.CC[C@H](O)CC[C@@H]1[C@H]2Cc3cccc(OCC(=O)OCCC(=O)O)c3C[C@H]2C[C@H]1O.CC[C@H](O)CC[C@@H]1[C@H]2Cc3cccc(OCC(=O)O[C@@H](C)C(=O)O)c3C[C@H]2C[C@H]1O.CC[C@H](O)CC[C@@H]1[C@H]2Cc3cccc(OCC(=O)O[C@H](C)C(=O)O)c3C[C@H]2C[C@H]1O. The number of esters is 4. The molecule has 0 aliphatic heterocycles. The summed E-state index contributed by atoms with van der Waals surface area (Å²) in [7, 11) is 0. The Labute approximate surface area is 696 Å². The van der Waals surface area contributed by atoms with E-state index in [-0.39, 0.29) is 112 Å². The van der Waals surface area contributed by atoms with Gasteiger partial charge in [-0.25, -0.2) is 33.6 Å². The third-order valence-corrected chi connectivity index (χ3v) is 26.2. The quantitative estimate of drug-likeness (QED) is 0.0148. The van der Waals surface area contributed by atoms with Crippen molar-refractivity contribution in [1.29, 1.82) is 0 Å². The van der Waals surface area contributed by atoms with Gasteiger partial charge in [-0.2, -0.15) is 0 Å². The van der Waals surface area contributed by atoms with Gasteiger partial charge in [-0.15, -0.1) is 0 Å². The van der Waals surface area contributed by atoms with Gasteiger partial charge in [-0.1, -0.05) is 76.2 Å². The van der Waals surface area contributed by atoms with Crippen LogP contribution in [0, 0.1) is 71.0 Å². The fraction of sp³-hybridized carbons (Fsp3) is 0.648. The Morgan fingerprint density at radius 2 is 0.613 bits per heavy atom. The third kappa shape index (κ3) is 26.5. The molecule has 119 heavy (non-hydrogen) atoms. The van der Waals surface area contributed by atoms with Crippen molar-refractivity contribution in [3.8, 4) is 23.0 Å². The molecule has 12 N–H and O–H groups in total. The second-order valence-electron chi connectivity index (χ2n) is 33.8. The van der Waals surface area contributed by atoms with Crippen molar-refractivity contribution in [2.75, 3.05) is 39.6 Å². The molecule has 0 unspecified atom stereocenters. The van der Waals surface area contributed by atoms with E-state index in [0.29, 0.717) is 83.2 Å². The van der Waals surface area contributed by atoms with Gasteiger partial charge in [0, 0.05) is 0 Å². The summed E-state index contributed by atoms with van der Waals surface area (Å²) >= 11 is 0. The fourth-order valence-electron chi connectivity index (χ4n) is 19.7. The predicted molar refractivity (Wildman–Crippen MR) is 432 cm³/mol. The molecule has 0 bridgehead atoms. The van der Waals surface area contributed by atoms with Crippen LogP contribution in [0.2, 0.25) is 0 Å². The first-order valence-electron chi connectivity index (χ1n) is 42.8. The van der Waals surface area contributed by atoms with Gasteiger partial charge in [0.05, 0.1) is 55.3 Å². The largest absolute Gasteiger partial charge is 0.482 e. The summed E-state index contributed by atoms with van der Waals surface area (Å²) in [5.74, 6) is -1.12. The summed E-state index contributed by atoms with van der Waals surface area (Å²) in [6.07, 6.45) is 13.4. The van der Waals surface area contributed by atoms with Gasteiger partial charge in [0.15, 0.2) is 45.2 Å². The number of ether oxygens (including phenoxy) is 8. The summed E-state index contributed by atoms with van der Waals surface area (Å²) in [4.78, 5) is 89.7. The highest BCUT2D eigenvalue weighted by molar-refractivity contribution is 5.79. The second kappa shape index (κ2) is 45.4. The van der Waals surface area contributed by atoms with E-state index in [1.165, 1.54) is 19.4 Å². The molecule has 28 nitrogen and oxygen atoms in total. The van der Waals surface area contributed by atoms with Crippen LogP contribution in [0.5, 0.6) is 23.0 Å². The van der Waals surface area contributed by atoms with Crippen LogP contribution in [0.3, 0.4) is 0 Å². The molecule has 28 heteroatoms. The van der Waals surface area contributed by atoms with E-state index in [1.807, 2.05) is 76.2 Å². The minimum absolute atomic E-state index is 0.166. The van der Waals surface area contributed by atoms with Crippen LogP contribution in [0.25, 0.3) is 0 Å². The number of hydrogen-bond acceptors (Lipinski definition) is 24. The van der Waals surface area contributed by atoms with Gasteiger partial charge in [0.1, 0.15) is 29.6 Å². The van der Waals surface area contributed by atoms with Crippen LogP contribution >= 0.6 is 0 Å². The molecular weight excluding hydrogens is 1540 g/mol. The number of fused-ring (bicyclic) bond motifs is 8. The number of hydrogen-bond donors (Lipinski definition) is 12. The van der Waals surface area contributed by atoms with E-state index in [2.05, 4.69) is 29.0 Å². The molecule has 0 spiro atoms. The lowest BCUT2D eigenvalue weighted by atomic mass is 9.73. The highest BCUT2D eigenvalue weighted by Crippen LogP contribution is 2.53. The van der Waals surface area contributed by atoms with Crippen LogP contribution < -0.4 is 18.9 Å². The molecule has 8 aliphatic rings. The van der Waals surface area contributed by atoms with E-state index < -0.39 is 66.6 Å². The van der Waals surface area contributed by atoms with Crippen LogP contribution in [0.4, 0.5) is 0 Å². The number of carboxylic acid groups (broad SMARTS) is 4. The first-order chi connectivity index (χ1) is 56.9. The van der Waals surface area contributed by atoms with E-state index in [0.717, 1.165) is 180 Å². The Morgan fingerprint density at radius 1 is 0.353 bits per heavy atom. The molecule has 0 aromatic heterocycles. The van der Waals surface area contributed by atoms with E-state index in [4.69, 9.17) is 53.6 Å². The molecule has 8 aliphatic carbocycles. The number of aliphatic hydroxyl groups excluding tert-OH is 8. The van der Waals surface area contributed by atoms with Crippen molar-refractivity contribution in [2.24, 2.45) is 71.0 Å². The molecule has 12 rings (SSSR count). The molecule has 0 heterocycles. The van der Waals surface area contributed by atoms with Crippen LogP contribution in [-0.4, -0.2) is 210 Å². The van der Waals surface area contributed by atoms with Crippen LogP contribution in [0.15, 0.2) is 72.8 Å². The highest BCUT2D eigenvalue weighted by Gasteiger charge is 2.49. The van der Waals surface area contributed by atoms with Gasteiger partial charge >= 0.3 is 47.8 Å². The number of aliphatic carboxylic acids is 4. The van der Waals surface area contributed by atoms with E-state index in [9.17, 15) is 79.2 Å². The van der Waals surface area contributed by atoms with E-state index in [1.54, 1.807) is 0 Å². The number of benzene rings is 4. The Morgan fingerprint density at radius 3 is 0.857 bits per heavy atom. The normalized spacial score (nSPS) is 26.5. The lowest BCUT2D eigenvalue weighted by Gasteiger charge is -2.32. The zero-order valence-corrected chi connectivity index (χ0v) is 69.4. The van der Waals surface area contributed by atoms with Gasteiger partial charge in [-0.3, -0.25) is 4.79 Å². The summed E-state index contributed by atoms with van der Waals surface area (Å²) in [5, 5.41) is 117. The molecule has 0 radical (unpaired) electrons. The first-order valence-corrected chi connectivity index (χ1v) is 42.8. The zero-order chi connectivity index (χ0) is 86.3. The molecule has 4 fully saturated rings. The first kappa shape index (κ1) is 94.4. The molecule has 658 valence electrons. The molecule has 22 atom stereocenters. The Kier molecular flexibility index (Phi) is 36.0. The molecule has 4 aromatic rings. The Balaban J connectivity index is 0.000000181. The van der Waals surface area contributed by atoms with Gasteiger partial charge in [0.2, 0.25) is 0 Å². The minimum atomic E-state index is -1.21. The predicted octanol–water partition coefficient (Wildman–Crippen LogP) is 8.99. The van der Waals surface area contributed by atoms with Crippen LogP contribution in [0.1, 0.15) is 195 Å². The molecule has 0 amide bonds. The fourth-order valence-corrected chi connectivity index (χ4v) is 19.7. The van der Waals surface area contributed by atoms with Crippen molar-refractivity contribution in [2.45, 2.75) is 263 Å². The summed E-state index contributed by atoms with van der Waals surface area (Å²) < 4.78 is 41.8. The Hall–Kier alpha value is -8.48. The van der Waals surface area contributed by atoms with Crippen molar-refractivity contribution in [3.63, 3.8) is 0 Å². The number of carboxylic acids is 4. The van der Waals surface area contributed by atoms with Gasteiger partial charge < -0.3 is 99.2 Å². The highest BCUT2D eigenvalue weighted by atomic mass is 16.6. The molecule has 4 saturated carbocycles. The van der Waals surface area contributed by atoms with Gasteiger partial charge in [-0.05, 0) is 308 Å². The number of aliphatic hydroxyl groups is 8. The minimum Gasteiger partial charge on any atom is -0.482 e. The summed E-state index contributed by atoms with van der Waals surface area (Å²) in [6.45, 7) is 8.34. The van der Waals surface area contributed by atoms with Crippen molar-refractivity contribution in [3.05, 3.63) is 117 Å². The standard InChI is InChI=1S/3C23H32O7.C22H30O7/c2*1-3-16(24)7-8-17-18-9-14-5-4-6-21(19(14)10-15(18)11-20(17)25)29-12-22(26)30-13(2)23(27)28;1-2-16(24)6-7-17-18-10-14-4-3-5-21(19(14)11-15(18)12-20(17)25)30-13-23(28)29-9-8-22(26)27;1-2-15(23)6-7-16-17-8-13-4-3-5-20(18(13)9-14(17)10-19(16)24)28-12-22(27)29-11-21(25)26/h2*4-6,13,15-18,20,24-25H,3,7-12H2,1-2H3,(H,27,28);3-5,15-18,20,24-25H,2,6-13H2,1H3,(H,26,27);3-5,14-17,19,23-24H,2,6-12H2,1H3,(H,25,26)/t13-,15+,16+,17-,18+,20-;13-,15-,16-,17+,18-,20+;15-,16-,17+,18-,20+;14-,15-,16+,17-,19+/m1000/s1. The average molecular weight is 1670 g/mol. The maximum Gasteiger partial charge on any atom is 0.345 e. The number of rotatable bonds is 37. The maximum atomic E-state index is 11.9. The zero-order valence-electron chi connectivity index (χ0n) is 69.4. The average Bonchev–Trinajstić information content (AvgIpc) is 1.45. The second-order valence-corrected chi connectivity index (χ2v) is 33.8. The molecule has 0 saturated heterocycles. The summed E-state index contributed by atoms with van der Waals surface area (Å²) in [6, 6.07) is 23.1. The van der Waals surface area contributed by atoms with Crippen LogP contribution in [-0.2, 0) is 109 Å². The topological polar surface area (TPSA) is 453 Å². The van der Waals surface area contributed by atoms with Crippen molar-refractivity contribution >= 4 is 47.8 Å². The lowest BCUT2D eigenvalue weighted by molar-refractivity contribution is -0.163. The monoisotopic (exact) mass is 1670 g/mol. The third-order valence-electron chi connectivity index (χ3n) is 26.2. The van der Waals surface area contributed by atoms with E-state index >= 15 is 0 Å². The molecular formula is C91H126O28. The smallest absolute Gasteiger partial charge is 0.345 e. The number of carbonyl (C=O) groups is 8. The maximum absolute atomic E-state index is 11.9. The lowest BCUT2D eigenvalue weighted by Crippen LogP contribution is -2.29. The summed E-state index contributed by atoms with van der Waals surface area (Å²) in [5.41, 5.74) is 8.92. The van der Waals surface area contributed by atoms with Crippen molar-refractivity contribution < 1.29 is 138 Å². The van der Waals surface area contributed by atoms with Gasteiger partial charge in [0.25, 0.3) is 0 Å². The Bertz CT molecular complexity index is 3880. The van der Waals surface area contributed by atoms with Crippen molar-refractivity contribution in [1.82, 2.24) is 0 Å².